The lowest BCUT2D eigenvalue weighted by molar-refractivity contribution is 0.620. The van der Waals surface area contributed by atoms with Crippen LogP contribution in [0.5, 0.6) is 0 Å². The van der Waals surface area contributed by atoms with Crippen LogP contribution in [-0.4, -0.2) is 0 Å². The lowest BCUT2D eigenvalue weighted by Gasteiger charge is -2.15. The van der Waals surface area contributed by atoms with Gasteiger partial charge in [0, 0.05) is 11.4 Å². The molecule has 0 atom stereocenters. The van der Waals surface area contributed by atoms with Gasteiger partial charge in [-0.3, -0.25) is 5.84 Å². The highest BCUT2D eigenvalue weighted by molar-refractivity contribution is 5.10. The predicted molar refractivity (Wildman–Crippen MR) is 37.0 cm³/mol. The molecule has 0 aromatic carbocycles. The second kappa shape index (κ2) is 2.73. The molecular weight excluding hydrogens is 114 g/mol. The molecule has 0 amide bonds. The first-order valence-corrected chi connectivity index (χ1v) is 3.28. The van der Waals surface area contributed by atoms with Crippen LogP contribution in [-0.2, 0) is 0 Å². The topological polar surface area (TPSA) is 64.1 Å². The summed E-state index contributed by atoms with van der Waals surface area (Å²) in [4.78, 5) is 0. The first-order chi connectivity index (χ1) is 4.34. The third kappa shape index (κ3) is 1.36. The van der Waals surface area contributed by atoms with E-state index in [1.165, 1.54) is 12.8 Å². The third-order valence-electron chi connectivity index (χ3n) is 1.68. The van der Waals surface area contributed by atoms with E-state index in [-0.39, 0.29) is 0 Å². The van der Waals surface area contributed by atoms with Crippen LogP contribution in [0, 0.1) is 0 Å². The molecule has 0 saturated heterocycles. The molecule has 9 heavy (non-hydrogen) atoms. The number of nitrogens with two attached hydrogens (primary N) is 2. The Kier molecular flexibility index (Phi) is 1.95. The fourth-order valence-electron chi connectivity index (χ4n) is 1.09. The molecule has 1 aliphatic rings. The second-order valence-electron chi connectivity index (χ2n) is 2.36. The molecule has 1 aliphatic carbocycles. The summed E-state index contributed by atoms with van der Waals surface area (Å²) in [5, 5.41) is 0. The first-order valence-electron chi connectivity index (χ1n) is 3.28. The van der Waals surface area contributed by atoms with E-state index in [1.807, 2.05) is 0 Å². The summed E-state index contributed by atoms with van der Waals surface area (Å²) in [7, 11) is 0. The van der Waals surface area contributed by atoms with Crippen LogP contribution < -0.4 is 17.0 Å². The normalized spacial score (nSPS) is 20.1. The highest BCUT2D eigenvalue weighted by atomic mass is 15.2. The van der Waals surface area contributed by atoms with Crippen molar-refractivity contribution in [3.8, 4) is 0 Å². The molecule has 52 valence electrons. The number of hydrogen-bond donors (Lipinski definition) is 3. The molecule has 0 radical (unpaired) electrons. The van der Waals surface area contributed by atoms with E-state index >= 15 is 0 Å². The smallest absolute Gasteiger partial charge is 0.0446 e. The zero-order valence-electron chi connectivity index (χ0n) is 5.48. The number of hydrazine groups is 1. The Labute approximate surface area is 55.1 Å². The maximum Gasteiger partial charge on any atom is 0.0446 e. The maximum absolute atomic E-state index is 5.63. The Balaban J connectivity index is 2.59. The fourth-order valence-corrected chi connectivity index (χ4v) is 1.09. The molecule has 0 saturated carbocycles. The molecule has 0 aliphatic heterocycles. The van der Waals surface area contributed by atoms with Gasteiger partial charge in [0.15, 0.2) is 0 Å². The summed E-state index contributed by atoms with van der Waals surface area (Å²) in [5.41, 5.74) is 10.2. The van der Waals surface area contributed by atoms with Crippen LogP contribution in [0.15, 0.2) is 11.4 Å². The molecule has 0 aromatic rings. The van der Waals surface area contributed by atoms with Crippen molar-refractivity contribution < 1.29 is 0 Å². The Morgan fingerprint density at radius 3 is 2.33 bits per heavy atom. The average molecular weight is 127 g/mol. The summed E-state index contributed by atoms with van der Waals surface area (Å²) in [6.45, 7) is 0. The van der Waals surface area contributed by atoms with Crippen LogP contribution >= 0.6 is 0 Å². The zero-order chi connectivity index (χ0) is 6.69. The largest absolute Gasteiger partial charge is 0.401 e. The lowest BCUT2D eigenvalue weighted by Crippen LogP contribution is -2.26. The fraction of sp³-hybridized carbons (Fsp3) is 0.667. The van der Waals surface area contributed by atoms with Gasteiger partial charge in [0.2, 0.25) is 0 Å². The summed E-state index contributed by atoms with van der Waals surface area (Å²) in [6.07, 6.45) is 4.43. The molecule has 0 bridgehead atoms. The van der Waals surface area contributed by atoms with Crippen molar-refractivity contribution in [3.63, 3.8) is 0 Å². The summed E-state index contributed by atoms with van der Waals surface area (Å²) < 4.78 is 0. The van der Waals surface area contributed by atoms with Gasteiger partial charge in [-0.25, -0.2) is 0 Å². The minimum atomic E-state index is 0.934. The van der Waals surface area contributed by atoms with Crippen LogP contribution in [0.25, 0.3) is 0 Å². The number of rotatable bonds is 1. The van der Waals surface area contributed by atoms with Gasteiger partial charge in [0.05, 0.1) is 0 Å². The minimum absolute atomic E-state index is 0.934. The molecule has 0 heterocycles. The maximum atomic E-state index is 5.63. The SMILES string of the molecule is NNC1=C(N)CCCC1. The van der Waals surface area contributed by atoms with Gasteiger partial charge in [-0.1, -0.05) is 0 Å². The van der Waals surface area contributed by atoms with Crippen molar-refractivity contribution >= 4 is 0 Å². The van der Waals surface area contributed by atoms with Crippen molar-refractivity contribution in [1.29, 1.82) is 0 Å². The molecular formula is C6H13N3. The van der Waals surface area contributed by atoms with Gasteiger partial charge in [-0.2, -0.15) is 0 Å². The molecule has 1 rings (SSSR count). The van der Waals surface area contributed by atoms with E-state index in [0.717, 1.165) is 24.2 Å². The van der Waals surface area contributed by atoms with E-state index < -0.39 is 0 Å². The Hall–Kier alpha value is -0.700. The Bertz CT molecular complexity index is 128. The average Bonchev–Trinajstić information content (AvgIpc) is 1.89. The van der Waals surface area contributed by atoms with Crippen molar-refractivity contribution in [3.05, 3.63) is 11.4 Å². The van der Waals surface area contributed by atoms with E-state index in [4.69, 9.17) is 11.6 Å². The summed E-state index contributed by atoms with van der Waals surface area (Å²) in [5.74, 6) is 5.21. The third-order valence-corrected chi connectivity index (χ3v) is 1.68. The molecule has 3 nitrogen and oxygen atoms in total. The van der Waals surface area contributed by atoms with Gasteiger partial charge in [-0.05, 0) is 25.7 Å². The lowest BCUT2D eigenvalue weighted by atomic mass is 10.0. The highest BCUT2D eigenvalue weighted by Crippen LogP contribution is 2.17. The predicted octanol–water partition coefficient (Wildman–Crippen LogP) is 0.194. The Morgan fingerprint density at radius 2 is 1.89 bits per heavy atom. The van der Waals surface area contributed by atoms with Crippen molar-refractivity contribution in [2.75, 3.05) is 0 Å². The molecule has 0 spiro atoms. The number of allylic oxidation sites excluding steroid dienone is 2. The quantitative estimate of drug-likeness (QED) is 0.348. The van der Waals surface area contributed by atoms with Gasteiger partial charge >= 0.3 is 0 Å². The van der Waals surface area contributed by atoms with Crippen molar-refractivity contribution in [2.45, 2.75) is 25.7 Å². The van der Waals surface area contributed by atoms with Crippen molar-refractivity contribution in [2.24, 2.45) is 11.6 Å². The zero-order valence-corrected chi connectivity index (χ0v) is 5.48. The molecule has 5 N–H and O–H groups in total. The first kappa shape index (κ1) is 6.42. The van der Waals surface area contributed by atoms with E-state index in [9.17, 15) is 0 Å². The van der Waals surface area contributed by atoms with E-state index in [2.05, 4.69) is 5.43 Å². The standard InChI is InChI=1S/C6H13N3/c7-5-3-1-2-4-6(5)9-8/h9H,1-4,7-8H2. The van der Waals surface area contributed by atoms with Crippen LogP contribution in [0.2, 0.25) is 0 Å². The number of hydrogen-bond acceptors (Lipinski definition) is 3. The van der Waals surface area contributed by atoms with E-state index in [0.29, 0.717) is 0 Å². The monoisotopic (exact) mass is 127 g/mol. The van der Waals surface area contributed by atoms with Crippen LogP contribution in [0.3, 0.4) is 0 Å². The highest BCUT2D eigenvalue weighted by Gasteiger charge is 2.07. The van der Waals surface area contributed by atoms with E-state index in [1.54, 1.807) is 0 Å². The van der Waals surface area contributed by atoms with Gasteiger partial charge in [-0.15, -0.1) is 0 Å². The van der Waals surface area contributed by atoms with Crippen LogP contribution in [0.1, 0.15) is 25.7 Å². The van der Waals surface area contributed by atoms with Crippen LogP contribution in [0.4, 0.5) is 0 Å². The molecule has 3 heteroatoms. The molecule has 0 unspecified atom stereocenters. The summed E-state index contributed by atoms with van der Waals surface area (Å²) >= 11 is 0. The van der Waals surface area contributed by atoms with Crippen molar-refractivity contribution in [1.82, 2.24) is 5.43 Å². The summed E-state index contributed by atoms with van der Waals surface area (Å²) in [6, 6.07) is 0. The van der Waals surface area contributed by atoms with Gasteiger partial charge in [0.1, 0.15) is 0 Å². The Morgan fingerprint density at radius 1 is 1.22 bits per heavy atom. The second-order valence-corrected chi connectivity index (χ2v) is 2.36. The van der Waals surface area contributed by atoms with Gasteiger partial charge in [0.25, 0.3) is 0 Å². The molecule has 0 aromatic heterocycles. The minimum Gasteiger partial charge on any atom is -0.401 e. The number of nitrogens with one attached hydrogen (secondary N) is 1. The molecule has 0 fully saturated rings. The van der Waals surface area contributed by atoms with Gasteiger partial charge < -0.3 is 11.2 Å².